The van der Waals surface area contributed by atoms with Gasteiger partial charge in [-0.1, -0.05) is 48.0 Å². The second-order valence-corrected chi connectivity index (χ2v) is 4.34. The van der Waals surface area contributed by atoms with Crippen LogP contribution in [0.2, 0.25) is 0 Å². The van der Waals surface area contributed by atoms with E-state index in [-0.39, 0.29) is 5.92 Å². The molecule has 0 aliphatic carbocycles. The molecule has 2 heteroatoms. The summed E-state index contributed by atoms with van der Waals surface area (Å²) in [6, 6.07) is 20.4. The third kappa shape index (κ3) is 3.11. The fourth-order valence-electron chi connectivity index (χ4n) is 1.81. The van der Waals surface area contributed by atoms with Gasteiger partial charge >= 0.3 is 0 Å². The molecule has 1 atom stereocenters. The summed E-state index contributed by atoms with van der Waals surface area (Å²) >= 11 is 0. The summed E-state index contributed by atoms with van der Waals surface area (Å²) in [6.07, 6.45) is 0. The van der Waals surface area contributed by atoms with Gasteiger partial charge in [-0.3, -0.25) is 0 Å². The van der Waals surface area contributed by atoms with Crippen LogP contribution in [-0.4, -0.2) is 6.54 Å². The number of aryl methyl sites for hydroxylation is 1. The highest BCUT2D eigenvalue weighted by Crippen LogP contribution is 2.16. The van der Waals surface area contributed by atoms with Crippen molar-refractivity contribution in [1.82, 2.24) is 0 Å². The van der Waals surface area contributed by atoms with E-state index in [1.54, 1.807) is 0 Å². The number of nitrogens with one attached hydrogen (secondary N) is 1. The summed E-state index contributed by atoms with van der Waals surface area (Å²) in [7, 11) is 0. The van der Waals surface area contributed by atoms with Gasteiger partial charge in [0.15, 0.2) is 0 Å². The van der Waals surface area contributed by atoms with Crippen molar-refractivity contribution >= 4 is 5.69 Å². The van der Waals surface area contributed by atoms with Gasteiger partial charge in [0, 0.05) is 12.2 Å². The predicted molar refractivity (Wildman–Crippen MR) is 74.5 cm³/mol. The Balaban J connectivity index is 2.00. The van der Waals surface area contributed by atoms with E-state index in [0.717, 1.165) is 11.3 Å². The lowest BCUT2D eigenvalue weighted by molar-refractivity contribution is 0.901. The average Bonchev–Trinajstić information content (AvgIpc) is 2.43. The summed E-state index contributed by atoms with van der Waals surface area (Å²) < 4.78 is 0. The number of benzene rings is 2. The summed E-state index contributed by atoms with van der Waals surface area (Å²) in [5.41, 5.74) is 3.34. The highest BCUT2D eigenvalue weighted by Gasteiger charge is 2.09. The molecule has 0 aromatic heterocycles. The molecule has 0 spiro atoms. The van der Waals surface area contributed by atoms with Crippen LogP contribution in [0.4, 0.5) is 5.69 Å². The van der Waals surface area contributed by atoms with Crippen molar-refractivity contribution in [2.75, 3.05) is 11.9 Å². The van der Waals surface area contributed by atoms with Gasteiger partial charge in [0.25, 0.3) is 0 Å². The topological polar surface area (TPSA) is 35.8 Å². The monoisotopic (exact) mass is 236 g/mol. The van der Waals surface area contributed by atoms with E-state index in [4.69, 9.17) is 0 Å². The normalized spacial score (nSPS) is 11.6. The Labute approximate surface area is 108 Å². The zero-order valence-corrected chi connectivity index (χ0v) is 10.4. The average molecular weight is 236 g/mol. The molecule has 0 bridgehead atoms. The van der Waals surface area contributed by atoms with Crippen molar-refractivity contribution in [3.63, 3.8) is 0 Å². The van der Waals surface area contributed by atoms with E-state index in [1.165, 1.54) is 5.56 Å². The minimum absolute atomic E-state index is 0.118. The molecule has 0 heterocycles. The molecule has 0 amide bonds. The second-order valence-electron chi connectivity index (χ2n) is 4.34. The maximum Gasteiger partial charge on any atom is 0.0885 e. The van der Waals surface area contributed by atoms with Crippen LogP contribution in [0.5, 0.6) is 0 Å². The molecule has 0 aliphatic heterocycles. The molecule has 0 saturated heterocycles. The number of hydrogen-bond acceptors (Lipinski definition) is 2. The van der Waals surface area contributed by atoms with Gasteiger partial charge in [-0.15, -0.1) is 0 Å². The van der Waals surface area contributed by atoms with Gasteiger partial charge in [0.2, 0.25) is 0 Å². The molecule has 2 aromatic rings. The fraction of sp³-hybridized carbons (Fsp3) is 0.188. The SMILES string of the molecule is Cc1ccc(NCC(C#N)c2ccccc2)cc1. The maximum absolute atomic E-state index is 9.21. The molecule has 90 valence electrons. The molecule has 2 rings (SSSR count). The van der Waals surface area contributed by atoms with Gasteiger partial charge in [0.05, 0.1) is 12.0 Å². The van der Waals surface area contributed by atoms with E-state index >= 15 is 0 Å². The first kappa shape index (κ1) is 12.2. The van der Waals surface area contributed by atoms with E-state index in [2.05, 4.69) is 30.4 Å². The van der Waals surface area contributed by atoms with Crippen LogP contribution in [0.1, 0.15) is 17.0 Å². The lowest BCUT2D eigenvalue weighted by Gasteiger charge is -2.12. The quantitative estimate of drug-likeness (QED) is 0.878. The maximum atomic E-state index is 9.21. The highest BCUT2D eigenvalue weighted by atomic mass is 14.9. The third-order valence-electron chi connectivity index (χ3n) is 2.92. The lowest BCUT2D eigenvalue weighted by Crippen LogP contribution is -2.11. The van der Waals surface area contributed by atoms with Crippen molar-refractivity contribution in [1.29, 1.82) is 5.26 Å². The number of anilines is 1. The fourth-order valence-corrected chi connectivity index (χ4v) is 1.81. The lowest BCUT2D eigenvalue weighted by atomic mass is 10.0. The van der Waals surface area contributed by atoms with E-state index in [1.807, 2.05) is 42.5 Å². The summed E-state index contributed by atoms with van der Waals surface area (Å²) in [5, 5.41) is 12.5. The van der Waals surface area contributed by atoms with Crippen LogP contribution in [0.3, 0.4) is 0 Å². The van der Waals surface area contributed by atoms with Crippen LogP contribution < -0.4 is 5.32 Å². The molecule has 0 radical (unpaired) electrons. The van der Waals surface area contributed by atoms with Gasteiger partial charge < -0.3 is 5.32 Å². The van der Waals surface area contributed by atoms with E-state index in [9.17, 15) is 5.26 Å². The summed E-state index contributed by atoms with van der Waals surface area (Å²) in [6.45, 7) is 2.69. The smallest absolute Gasteiger partial charge is 0.0885 e. The Morgan fingerprint density at radius 3 is 2.33 bits per heavy atom. The Morgan fingerprint density at radius 1 is 1.06 bits per heavy atom. The molecule has 2 aromatic carbocycles. The Kier molecular flexibility index (Phi) is 3.98. The highest BCUT2D eigenvalue weighted by molar-refractivity contribution is 5.45. The first-order valence-electron chi connectivity index (χ1n) is 6.04. The number of hydrogen-bond donors (Lipinski definition) is 1. The van der Waals surface area contributed by atoms with Crippen molar-refractivity contribution in [2.45, 2.75) is 12.8 Å². The zero-order valence-electron chi connectivity index (χ0n) is 10.4. The first-order chi connectivity index (χ1) is 8.79. The molecule has 2 nitrogen and oxygen atoms in total. The van der Waals surface area contributed by atoms with Crippen LogP contribution in [0.25, 0.3) is 0 Å². The number of rotatable bonds is 4. The third-order valence-corrected chi connectivity index (χ3v) is 2.92. The van der Waals surface area contributed by atoms with E-state index < -0.39 is 0 Å². The van der Waals surface area contributed by atoms with Gasteiger partial charge in [0.1, 0.15) is 0 Å². The minimum Gasteiger partial charge on any atom is -0.383 e. The van der Waals surface area contributed by atoms with Gasteiger partial charge in [-0.05, 0) is 24.6 Å². The Morgan fingerprint density at radius 2 is 1.72 bits per heavy atom. The van der Waals surface area contributed by atoms with Gasteiger partial charge in [-0.25, -0.2) is 0 Å². The Hall–Kier alpha value is -2.27. The summed E-state index contributed by atoms with van der Waals surface area (Å²) in [4.78, 5) is 0. The molecule has 0 aliphatic rings. The van der Waals surface area contributed by atoms with Crippen molar-refractivity contribution in [2.24, 2.45) is 0 Å². The molecule has 1 N–H and O–H groups in total. The molecular formula is C16H16N2. The number of nitrogens with zero attached hydrogens (tertiary/aromatic N) is 1. The standard InChI is InChI=1S/C16H16N2/c1-13-7-9-16(10-8-13)18-12-15(11-17)14-5-3-2-4-6-14/h2-10,15,18H,12H2,1H3. The van der Waals surface area contributed by atoms with Crippen molar-refractivity contribution in [3.05, 3.63) is 65.7 Å². The van der Waals surface area contributed by atoms with Crippen LogP contribution in [-0.2, 0) is 0 Å². The van der Waals surface area contributed by atoms with Crippen LogP contribution >= 0.6 is 0 Å². The second kappa shape index (κ2) is 5.88. The number of nitriles is 1. The molecular weight excluding hydrogens is 220 g/mol. The van der Waals surface area contributed by atoms with Crippen LogP contribution in [0.15, 0.2) is 54.6 Å². The van der Waals surface area contributed by atoms with E-state index in [0.29, 0.717) is 6.54 Å². The molecule has 0 fully saturated rings. The molecule has 0 saturated carbocycles. The first-order valence-corrected chi connectivity index (χ1v) is 6.04. The van der Waals surface area contributed by atoms with Crippen LogP contribution in [0, 0.1) is 18.3 Å². The predicted octanol–water partition coefficient (Wildman–Crippen LogP) is 3.71. The van der Waals surface area contributed by atoms with Crippen molar-refractivity contribution in [3.8, 4) is 6.07 Å². The molecule has 1 unspecified atom stereocenters. The minimum atomic E-state index is -0.118. The van der Waals surface area contributed by atoms with Crippen molar-refractivity contribution < 1.29 is 0 Å². The molecule has 18 heavy (non-hydrogen) atoms. The largest absolute Gasteiger partial charge is 0.383 e. The zero-order chi connectivity index (χ0) is 12.8. The Bertz CT molecular complexity index is 523. The summed E-state index contributed by atoms with van der Waals surface area (Å²) in [5.74, 6) is -0.118. The van der Waals surface area contributed by atoms with Gasteiger partial charge in [-0.2, -0.15) is 5.26 Å².